The highest BCUT2D eigenvalue weighted by molar-refractivity contribution is 6.23. The third-order valence-corrected chi connectivity index (χ3v) is 7.26. The van der Waals surface area contributed by atoms with Gasteiger partial charge in [-0.05, 0) is 62.3 Å². The molecule has 2 amide bonds. The van der Waals surface area contributed by atoms with E-state index in [1.54, 1.807) is 0 Å². The van der Waals surface area contributed by atoms with Gasteiger partial charge in [0.25, 0.3) is 0 Å². The summed E-state index contributed by atoms with van der Waals surface area (Å²) in [6, 6.07) is 14.4. The Morgan fingerprint density at radius 3 is 2.26 bits per heavy atom. The predicted molar refractivity (Wildman–Crippen MR) is 105 cm³/mol. The number of anilines is 1. The number of carbonyl (C=O) groups excluding carboxylic acids is 2. The van der Waals surface area contributed by atoms with Crippen LogP contribution in [0, 0.1) is 23.7 Å². The first-order chi connectivity index (χ1) is 13.2. The van der Waals surface area contributed by atoms with Gasteiger partial charge in [0, 0.05) is 28.4 Å². The standard InChI is InChI=1S/C23H22N2O2/c1-2-24-18-6-4-3-5-16(18)17-12-15(9-10-19(17)24)25-22(26)20-13-7-8-14(11-13)21(20)23(25)27/h3-6,9-10,12-14,20-21H,2,7-8,11H2,1H3. The Bertz CT molecular complexity index is 1100. The van der Waals surface area contributed by atoms with E-state index < -0.39 is 0 Å². The van der Waals surface area contributed by atoms with Crippen LogP contribution < -0.4 is 4.90 Å². The number of aromatic nitrogens is 1. The van der Waals surface area contributed by atoms with E-state index in [9.17, 15) is 9.59 Å². The van der Waals surface area contributed by atoms with Gasteiger partial charge in [0.1, 0.15) is 0 Å². The number of imide groups is 1. The Hall–Kier alpha value is -2.62. The minimum absolute atomic E-state index is 0.0378. The number of carbonyl (C=O) groups is 2. The predicted octanol–water partition coefficient (Wildman–Crippen LogP) is 4.35. The van der Waals surface area contributed by atoms with Crippen molar-refractivity contribution in [3.63, 3.8) is 0 Å². The minimum atomic E-state index is -0.0658. The van der Waals surface area contributed by atoms with Crippen LogP contribution in [0.15, 0.2) is 42.5 Å². The Kier molecular flexibility index (Phi) is 2.98. The molecule has 0 radical (unpaired) electrons. The lowest BCUT2D eigenvalue weighted by Crippen LogP contribution is -2.32. The molecule has 4 atom stereocenters. The highest BCUT2D eigenvalue weighted by atomic mass is 16.2. The third-order valence-electron chi connectivity index (χ3n) is 7.26. The van der Waals surface area contributed by atoms with E-state index >= 15 is 0 Å². The van der Waals surface area contributed by atoms with Crippen molar-refractivity contribution in [3.05, 3.63) is 42.5 Å². The maximum atomic E-state index is 13.1. The van der Waals surface area contributed by atoms with Crippen LogP contribution in [0.5, 0.6) is 0 Å². The first-order valence-electron chi connectivity index (χ1n) is 10.1. The highest BCUT2D eigenvalue weighted by Crippen LogP contribution is 2.56. The Morgan fingerprint density at radius 1 is 0.889 bits per heavy atom. The highest BCUT2D eigenvalue weighted by Gasteiger charge is 2.61. The molecule has 2 aliphatic carbocycles. The molecule has 6 rings (SSSR count). The second kappa shape index (κ2) is 5.22. The number of para-hydroxylation sites is 1. The van der Waals surface area contributed by atoms with E-state index in [0.717, 1.165) is 42.4 Å². The van der Waals surface area contributed by atoms with E-state index in [4.69, 9.17) is 0 Å². The summed E-state index contributed by atoms with van der Waals surface area (Å²) in [7, 11) is 0. The topological polar surface area (TPSA) is 42.3 Å². The van der Waals surface area contributed by atoms with Gasteiger partial charge in [-0.25, -0.2) is 0 Å². The van der Waals surface area contributed by atoms with Crippen LogP contribution in [0.2, 0.25) is 0 Å². The molecule has 2 aromatic carbocycles. The fourth-order valence-electron chi connectivity index (χ4n) is 6.18. The summed E-state index contributed by atoms with van der Waals surface area (Å²) in [4.78, 5) is 27.8. The second-order valence-corrected chi connectivity index (χ2v) is 8.36. The molecule has 3 aromatic rings. The van der Waals surface area contributed by atoms with Crippen LogP contribution in [0.4, 0.5) is 5.69 Å². The van der Waals surface area contributed by atoms with Crippen LogP contribution >= 0.6 is 0 Å². The summed E-state index contributed by atoms with van der Waals surface area (Å²) < 4.78 is 2.29. The molecule has 0 spiro atoms. The first kappa shape index (κ1) is 15.4. The summed E-state index contributed by atoms with van der Waals surface area (Å²) in [5.74, 6) is 0.791. The van der Waals surface area contributed by atoms with Gasteiger partial charge in [-0.15, -0.1) is 0 Å². The molecule has 4 unspecified atom stereocenters. The average molecular weight is 358 g/mol. The zero-order chi connectivity index (χ0) is 18.3. The molecule has 4 nitrogen and oxygen atoms in total. The Balaban J connectivity index is 1.51. The minimum Gasteiger partial charge on any atom is -0.341 e. The molecule has 2 bridgehead atoms. The number of fused-ring (bicyclic) bond motifs is 8. The number of nitrogens with zero attached hydrogens (tertiary/aromatic N) is 2. The van der Waals surface area contributed by atoms with Crippen molar-refractivity contribution >= 4 is 39.3 Å². The van der Waals surface area contributed by atoms with E-state index in [0.29, 0.717) is 11.8 Å². The molecule has 3 fully saturated rings. The fraction of sp³-hybridized carbons (Fsp3) is 0.391. The van der Waals surface area contributed by atoms with Gasteiger partial charge >= 0.3 is 0 Å². The summed E-state index contributed by atoms with van der Waals surface area (Å²) >= 11 is 0. The van der Waals surface area contributed by atoms with Gasteiger partial charge in [0.15, 0.2) is 0 Å². The Labute approximate surface area is 157 Å². The largest absolute Gasteiger partial charge is 0.341 e. The molecule has 27 heavy (non-hydrogen) atoms. The first-order valence-corrected chi connectivity index (χ1v) is 10.1. The van der Waals surface area contributed by atoms with Crippen LogP contribution in [-0.2, 0) is 16.1 Å². The normalized spacial score (nSPS) is 29.4. The summed E-state index contributed by atoms with van der Waals surface area (Å²) in [5, 5.41) is 2.29. The number of aryl methyl sites for hydroxylation is 1. The van der Waals surface area contributed by atoms with Gasteiger partial charge in [-0.1, -0.05) is 18.2 Å². The van der Waals surface area contributed by atoms with E-state index in [2.05, 4.69) is 35.8 Å². The molecular weight excluding hydrogens is 336 g/mol. The zero-order valence-corrected chi connectivity index (χ0v) is 15.4. The molecule has 1 aromatic heterocycles. The molecule has 2 heterocycles. The number of rotatable bonds is 2. The van der Waals surface area contributed by atoms with Crippen molar-refractivity contribution < 1.29 is 9.59 Å². The Morgan fingerprint density at radius 2 is 1.56 bits per heavy atom. The molecule has 0 N–H and O–H groups in total. The van der Waals surface area contributed by atoms with E-state index in [1.165, 1.54) is 15.8 Å². The van der Waals surface area contributed by atoms with Gasteiger partial charge < -0.3 is 4.57 Å². The monoisotopic (exact) mass is 358 g/mol. The molecule has 4 heteroatoms. The molecule has 3 aliphatic rings. The van der Waals surface area contributed by atoms with Crippen LogP contribution in [0.3, 0.4) is 0 Å². The maximum Gasteiger partial charge on any atom is 0.237 e. The maximum absolute atomic E-state index is 13.1. The van der Waals surface area contributed by atoms with Crippen molar-refractivity contribution in [2.45, 2.75) is 32.7 Å². The van der Waals surface area contributed by atoms with Crippen LogP contribution in [0.1, 0.15) is 26.2 Å². The molecular formula is C23H22N2O2. The van der Waals surface area contributed by atoms with Crippen molar-refractivity contribution in [3.8, 4) is 0 Å². The van der Waals surface area contributed by atoms with Crippen molar-refractivity contribution in [1.82, 2.24) is 4.57 Å². The lowest BCUT2D eigenvalue weighted by atomic mass is 9.81. The lowest BCUT2D eigenvalue weighted by Gasteiger charge is -2.19. The SMILES string of the molecule is CCn1c2ccccc2c2cc(N3C(=O)C4C5CCC(C5)C4C3=O)ccc21. The van der Waals surface area contributed by atoms with Gasteiger partial charge in [0.05, 0.1) is 17.5 Å². The van der Waals surface area contributed by atoms with Gasteiger partial charge in [0.2, 0.25) is 11.8 Å². The number of benzene rings is 2. The summed E-state index contributed by atoms with van der Waals surface area (Å²) in [6.45, 7) is 3.03. The van der Waals surface area contributed by atoms with Crippen molar-refractivity contribution in [2.24, 2.45) is 23.7 Å². The van der Waals surface area contributed by atoms with Crippen LogP contribution in [0.25, 0.3) is 21.8 Å². The van der Waals surface area contributed by atoms with Crippen molar-refractivity contribution in [2.75, 3.05) is 4.90 Å². The average Bonchev–Trinajstić information content (AvgIpc) is 3.43. The third kappa shape index (κ3) is 1.83. The van der Waals surface area contributed by atoms with Gasteiger partial charge in [-0.2, -0.15) is 0 Å². The number of amides is 2. The lowest BCUT2D eigenvalue weighted by molar-refractivity contribution is -0.123. The second-order valence-electron chi connectivity index (χ2n) is 8.36. The zero-order valence-electron chi connectivity index (χ0n) is 15.4. The van der Waals surface area contributed by atoms with Gasteiger partial charge in [-0.3, -0.25) is 14.5 Å². The van der Waals surface area contributed by atoms with E-state index in [-0.39, 0.29) is 23.7 Å². The molecule has 1 aliphatic heterocycles. The van der Waals surface area contributed by atoms with Crippen molar-refractivity contribution in [1.29, 1.82) is 0 Å². The fourth-order valence-corrected chi connectivity index (χ4v) is 6.18. The summed E-state index contributed by atoms with van der Waals surface area (Å²) in [6.07, 6.45) is 3.30. The molecule has 2 saturated carbocycles. The molecule has 136 valence electrons. The smallest absolute Gasteiger partial charge is 0.237 e. The van der Waals surface area contributed by atoms with E-state index in [1.807, 2.05) is 18.2 Å². The number of hydrogen-bond donors (Lipinski definition) is 0. The molecule has 1 saturated heterocycles. The number of hydrogen-bond acceptors (Lipinski definition) is 2. The van der Waals surface area contributed by atoms with Crippen LogP contribution in [-0.4, -0.2) is 16.4 Å². The summed E-state index contributed by atoms with van der Waals surface area (Å²) in [5.41, 5.74) is 3.09. The quantitative estimate of drug-likeness (QED) is 0.639.